The van der Waals surface area contributed by atoms with E-state index in [4.69, 9.17) is 10.0 Å². The number of carboxylic acids is 1. The van der Waals surface area contributed by atoms with E-state index in [1.807, 2.05) is 0 Å². The minimum Gasteiger partial charge on any atom is -0.595 e. The van der Waals surface area contributed by atoms with E-state index in [0.29, 0.717) is 24.2 Å². The lowest BCUT2D eigenvalue weighted by Gasteiger charge is -2.57. The molecule has 3 saturated carbocycles. The number of amides is 1. The summed E-state index contributed by atoms with van der Waals surface area (Å²) in [6, 6.07) is 3.57. The third-order valence-electron chi connectivity index (χ3n) is 10.7. The number of nitrogens with zero attached hydrogens (tertiary/aromatic N) is 1. The summed E-state index contributed by atoms with van der Waals surface area (Å²) in [5.74, 6) is -0.431. The maximum absolute atomic E-state index is 12.5. The van der Waals surface area contributed by atoms with E-state index in [1.54, 1.807) is 0 Å². The van der Waals surface area contributed by atoms with Crippen molar-refractivity contribution in [3.63, 3.8) is 0 Å². The van der Waals surface area contributed by atoms with Gasteiger partial charge in [0.05, 0.1) is 11.8 Å². The summed E-state index contributed by atoms with van der Waals surface area (Å²) in [5, 5.41) is 56.4. The number of benzene rings is 1. The van der Waals surface area contributed by atoms with Crippen LogP contribution >= 0.6 is 0 Å². The highest BCUT2D eigenvalue weighted by Crippen LogP contribution is 2.65. The number of oxime groups is 1. The number of carbonyl (C=O) groups excluding carboxylic acids is 1. The molecule has 1 unspecified atom stereocenters. The number of aliphatic hydroxyl groups excluding tert-OH is 2. The second-order valence-electron chi connectivity index (χ2n) is 12.8. The first-order valence-electron chi connectivity index (χ1n) is 14.6. The minimum atomic E-state index is -1.70. The molecule has 1 amide bonds. The van der Waals surface area contributed by atoms with Gasteiger partial charge in [0.1, 0.15) is 6.10 Å². The monoisotopic (exact) mass is 571 g/mol. The summed E-state index contributed by atoms with van der Waals surface area (Å²) in [6.07, 6.45) is 8.24. The molecule has 41 heavy (non-hydrogen) atoms. The SMILES string of the molecule is C[C@]12CC[C@@H]3[C@@H](CCC4=CC(=NOCC(=O)N[C@H](C(=O)O)[C@H](O)c5cccc([NH+]([O-])O)c5)CC[C@@]43C)[C@@H]1CC[C@@H]2O. The summed E-state index contributed by atoms with van der Waals surface area (Å²) in [7, 11) is 0. The first-order chi connectivity index (χ1) is 19.4. The van der Waals surface area contributed by atoms with E-state index in [0.717, 1.165) is 50.7 Å². The number of nitrogens with one attached hydrogen (secondary N) is 2. The molecule has 0 aliphatic heterocycles. The summed E-state index contributed by atoms with van der Waals surface area (Å²) >= 11 is 0. The predicted octanol–water partition coefficient (Wildman–Crippen LogP) is 2.39. The van der Waals surface area contributed by atoms with Crippen LogP contribution in [-0.4, -0.2) is 56.9 Å². The van der Waals surface area contributed by atoms with Crippen molar-refractivity contribution in [2.24, 2.45) is 33.7 Å². The Hall–Kier alpha value is -2.83. The van der Waals surface area contributed by atoms with Crippen LogP contribution in [0.4, 0.5) is 5.69 Å². The van der Waals surface area contributed by atoms with Gasteiger partial charge in [-0.25, -0.2) is 10.0 Å². The standard InChI is InChI=1S/C30H41N3O8/c1-29-12-10-19(15-18(29)6-7-21-22-8-9-24(34)30(22,2)13-11-23(21)29)32-41-16-25(35)31-26(28(37)38)27(36)17-4-3-5-20(14-17)33(39)40/h3-5,14-15,21-24,26-27,33-34,36,39H,6-13,16H2,1-2H3,(H,31,35)(H,37,38)/t21-,22-,23+,24-,26-,27+,29-,30-/m0/s1. The first-order valence-corrected chi connectivity index (χ1v) is 14.6. The van der Waals surface area contributed by atoms with E-state index in [2.05, 4.69) is 30.4 Å². The average molecular weight is 572 g/mol. The molecule has 3 fully saturated rings. The van der Waals surface area contributed by atoms with Crippen LogP contribution in [0.1, 0.15) is 76.9 Å². The molecule has 1 aromatic rings. The molecule has 5 rings (SSSR count). The minimum absolute atomic E-state index is 0.0483. The molecule has 0 heterocycles. The Balaban J connectivity index is 1.19. The van der Waals surface area contributed by atoms with Crippen molar-refractivity contribution >= 4 is 23.3 Å². The van der Waals surface area contributed by atoms with Gasteiger partial charge in [-0.1, -0.05) is 36.7 Å². The van der Waals surface area contributed by atoms with Crippen molar-refractivity contribution in [2.45, 2.75) is 83.5 Å². The predicted molar refractivity (Wildman–Crippen MR) is 148 cm³/mol. The molecule has 224 valence electrons. The highest BCUT2D eigenvalue weighted by atomic mass is 16.8. The number of rotatable bonds is 8. The number of aliphatic hydroxyl groups is 2. The summed E-state index contributed by atoms with van der Waals surface area (Å²) in [4.78, 5) is 29.6. The molecular weight excluding hydrogens is 530 g/mol. The largest absolute Gasteiger partial charge is 0.595 e. The lowest BCUT2D eigenvalue weighted by Crippen LogP contribution is -2.99. The van der Waals surface area contributed by atoms with Gasteiger partial charge in [-0.3, -0.25) is 4.79 Å². The van der Waals surface area contributed by atoms with E-state index >= 15 is 0 Å². The topological polar surface area (TPSA) is 176 Å². The van der Waals surface area contributed by atoms with Crippen molar-refractivity contribution in [1.29, 1.82) is 0 Å². The zero-order valence-electron chi connectivity index (χ0n) is 23.6. The molecule has 4 aliphatic rings. The van der Waals surface area contributed by atoms with Gasteiger partial charge >= 0.3 is 5.97 Å². The second-order valence-corrected chi connectivity index (χ2v) is 12.8. The molecule has 0 radical (unpaired) electrons. The fourth-order valence-corrected chi connectivity index (χ4v) is 8.33. The van der Waals surface area contributed by atoms with Crippen LogP contribution < -0.4 is 10.5 Å². The van der Waals surface area contributed by atoms with E-state index in [1.165, 1.54) is 29.8 Å². The third kappa shape index (κ3) is 5.53. The fraction of sp³-hybridized carbons (Fsp3) is 0.633. The quantitative estimate of drug-likeness (QED) is 0.258. The first kappa shape index (κ1) is 29.7. The van der Waals surface area contributed by atoms with Crippen LogP contribution in [0.5, 0.6) is 0 Å². The molecule has 6 N–H and O–H groups in total. The van der Waals surface area contributed by atoms with Gasteiger partial charge < -0.3 is 30.7 Å². The van der Waals surface area contributed by atoms with Crippen LogP contribution in [0, 0.1) is 33.8 Å². The van der Waals surface area contributed by atoms with Gasteiger partial charge in [-0.15, -0.1) is 0 Å². The molecular formula is C30H41N3O8. The third-order valence-corrected chi connectivity index (χ3v) is 10.7. The molecule has 0 aromatic heterocycles. The fourth-order valence-electron chi connectivity index (χ4n) is 8.33. The highest BCUT2D eigenvalue weighted by Gasteiger charge is 2.58. The second kappa shape index (κ2) is 11.4. The molecule has 4 aliphatic carbocycles. The molecule has 0 saturated heterocycles. The van der Waals surface area contributed by atoms with Crippen molar-refractivity contribution in [3.8, 4) is 0 Å². The Morgan fingerprint density at radius 1 is 1.17 bits per heavy atom. The molecule has 9 atom stereocenters. The van der Waals surface area contributed by atoms with E-state index in [-0.39, 0.29) is 28.2 Å². The van der Waals surface area contributed by atoms with Crippen LogP contribution in [0.25, 0.3) is 0 Å². The maximum atomic E-state index is 12.5. The lowest BCUT2D eigenvalue weighted by molar-refractivity contribution is -0.991. The normalized spacial score (nSPS) is 35.8. The van der Waals surface area contributed by atoms with Crippen molar-refractivity contribution in [1.82, 2.24) is 5.32 Å². The van der Waals surface area contributed by atoms with Gasteiger partial charge in [-0.05, 0) is 91.6 Å². The van der Waals surface area contributed by atoms with Crippen LogP contribution in [0.3, 0.4) is 0 Å². The summed E-state index contributed by atoms with van der Waals surface area (Å²) in [5.41, 5.74) is 2.21. The average Bonchev–Trinajstić information content (AvgIpc) is 3.25. The number of allylic oxidation sites excluding steroid dienone is 2. The van der Waals surface area contributed by atoms with Crippen LogP contribution in [0.2, 0.25) is 0 Å². The van der Waals surface area contributed by atoms with Crippen LogP contribution in [0.15, 0.2) is 41.1 Å². The molecule has 0 bridgehead atoms. The number of aliphatic carboxylic acids is 1. The van der Waals surface area contributed by atoms with E-state index in [9.17, 15) is 30.1 Å². The number of carboxylic acid groups (broad SMARTS) is 1. The Kier molecular flexibility index (Phi) is 8.28. The lowest BCUT2D eigenvalue weighted by atomic mass is 9.47. The van der Waals surface area contributed by atoms with Gasteiger partial charge in [0, 0.05) is 12.1 Å². The summed E-state index contributed by atoms with van der Waals surface area (Å²) < 4.78 is 0. The van der Waals surface area contributed by atoms with Gasteiger partial charge in [0.2, 0.25) is 0 Å². The Labute approximate surface area is 239 Å². The molecule has 11 heteroatoms. The van der Waals surface area contributed by atoms with Gasteiger partial charge in [0.15, 0.2) is 18.3 Å². The Morgan fingerprint density at radius 3 is 2.68 bits per heavy atom. The number of fused-ring (bicyclic) bond motifs is 5. The maximum Gasteiger partial charge on any atom is 0.329 e. The number of hydrogen-bond acceptors (Lipinski definition) is 8. The summed E-state index contributed by atoms with van der Waals surface area (Å²) in [6.45, 7) is 4.13. The van der Waals surface area contributed by atoms with Crippen molar-refractivity contribution < 1.29 is 40.2 Å². The molecule has 11 nitrogen and oxygen atoms in total. The molecule has 1 aromatic carbocycles. The van der Waals surface area contributed by atoms with Gasteiger partial charge in [-0.2, -0.15) is 5.23 Å². The highest BCUT2D eigenvalue weighted by molar-refractivity contribution is 5.96. The Morgan fingerprint density at radius 2 is 1.95 bits per heavy atom. The smallest absolute Gasteiger partial charge is 0.329 e. The van der Waals surface area contributed by atoms with Crippen molar-refractivity contribution in [2.75, 3.05) is 6.61 Å². The van der Waals surface area contributed by atoms with E-state index < -0.39 is 35.9 Å². The zero-order chi connectivity index (χ0) is 29.5. The molecule has 0 spiro atoms. The van der Waals surface area contributed by atoms with Gasteiger partial charge in [0.25, 0.3) is 5.91 Å². The number of carbonyl (C=O) groups is 2. The zero-order valence-corrected chi connectivity index (χ0v) is 23.6. The number of quaternary nitrogens is 1. The number of hydrogen-bond donors (Lipinski definition) is 6. The Bertz CT molecular complexity index is 1230. The van der Waals surface area contributed by atoms with Crippen molar-refractivity contribution in [3.05, 3.63) is 46.7 Å². The van der Waals surface area contributed by atoms with Crippen LogP contribution in [-0.2, 0) is 14.4 Å².